The number of carboxylic acid groups (broad SMARTS) is 1. The lowest BCUT2D eigenvalue weighted by Gasteiger charge is -2.39. The molecule has 1 heterocycles. The maximum absolute atomic E-state index is 12.7. The van der Waals surface area contributed by atoms with Crippen LogP contribution < -0.4 is 0 Å². The molecule has 6 heteroatoms. The minimum absolute atomic E-state index is 0.0200. The minimum atomic E-state index is -0.762. The van der Waals surface area contributed by atoms with Crippen LogP contribution in [0.1, 0.15) is 44.9 Å². The molecule has 0 unspecified atom stereocenters. The van der Waals surface area contributed by atoms with Crippen LogP contribution in [-0.4, -0.2) is 64.3 Å². The van der Waals surface area contributed by atoms with Gasteiger partial charge in [0.25, 0.3) is 0 Å². The Morgan fingerprint density at radius 3 is 2.19 bits per heavy atom. The summed E-state index contributed by atoms with van der Waals surface area (Å²) in [5, 5.41) is 18.3. The number of rotatable bonds is 4. The third-order valence-electron chi connectivity index (χ3n) is 4.72. The van der Waals surface area contributed by atoms with Crippen molar-refractivity contribution in [1.82, 2.24) is 9.80 Å². The molecule has 0 atom stereocenters. The van der Waals surface area contributed by atoms with E-state index in [1.807, 2.05) is 0 Å². The van der Waals surface area contributed by atoms with E-state index in [0.29, 0.717) is 32.5 Å². The molecule has 2 amide bonds. The summed E-state index contributed by atoms with van der Waals surface area (Å²) in [6, 6.07) is 0.204. The van der Waals surface area contributed by atoms with Crippen molar-refractivity contribution in [3.63, 3.8) is 0 Å². The molecular formula is C15H26N2O4. The number of aliphatic carboxylic acids is 1. The summed E-state index contributed by atoms with van der Waals surface area (Å²) in [5.41, 5.74) is 0. The highest BCUT2D eigenvalue weighted by Crippen LogP contribution is 2.25. The molecule has 0 radical (unpaired) electrons. The molecule has 21 heavy (non-hydrogen) atoms. The molecule has 1 aliphatic carbocycles. The second-order valence-corrected chi connectivity index (χ2v) is 6.09. The first kappa shape index (κ1) is 16.1. The lowest BCUT2D eigenvalue weighted by Crippen LogP contribution is -2.52. The second-order valence-electron chi connectivity index (χ2n) is 6.09. The third-order valence-corrected chi connectivity index (χ3v) is 4.72. The summed E-state index contributed by atoms with van der Waals surface area (Å²) in [7, 11) is 0. The average molecular weight is 298 g/mol. The van der Waals surface area contributed by atoms with Crippen LogP contribution in [-0.2, 0) is 4.79 Å². The quantitative estimate of drug-likeness (QED) is 0.824. The topological polar surface area (TPSA) is 81.1 Å². The first-order valence-corrected chi connectivity index (χ1v) is 8.02. The van der Waals surface area contributed by atoms with Crippen LogP contribution in [0.25, 0.3) is 0 Å². The number of carboxylic acids is 1. The van der Waals surface area contributed by atoms with Crippen LogP contribution >= 0.6 is 0 Å². The van der Waals surface area contributed by atoms with Gasteiger partial charge in [0.15, 0.2) is 0 Å². The monoisotopic (exact) mass is 298 g/mol. The van der Waals surface area contributed by atoms with Gasteiger partial charge in [-0.1, -0.05) is 19.3 Å². The number of aliphatic hydroxyl groups excluding tert-OH is 1. The molecule has 0 aromatic rings. The summed E-state index contributed by atoms with van der Waals surface area (Å²) < 4.78 is 0. The fraction of sp³-hybridized carbons (Fsp3) is 0.867. The second kappa shape index (κ2) is 7.64. The zero-order valence-corrected chi connectivity index (χ0v) is 12.5. The van der Waals surface area contributed by atoms with Gasteiger partial charge in [0.05, 0.1) is 12.5 Å². The van der Waals surface area contributed by atoms with Crippen LogP contribution in [0.2, 0.25) is 0 Å². The van der Waals surface area contributed by atoms with E-state index < -0.39 is 5.97 Å². The number of amides is 2. The van der Waals surface area contributed by atoms with Gasteiger partial charge in [0.2, 0.25) is 0 Å². The van der Waals surface area contributed by atoms with Crippen molar-refractivity contribution in [3.05, 3.63) is 0 Å². The van der Waals surface area contributed by atoms with E-state index in [4.69, 9.17) is 5.11 Å². The molecule has 2 rings (SSSR count). The summed E-state index contributed by atoms with van der Waals surface area (Å²) in [6.07, 6.45) is 6.58. The highest BCUT2D eigenvalue weighted by molar-refractivity contribution is 5.76. The van der Waals surface area contributed by atoms with E-state index in [0.717, 1.165) is 25.7 Å². The van der Waals surface area contributed by atoms with Crippen molar-refractivity contribution in [2.75, 3.05) is 26.2 Å². The Bertz CT molecular complexity index is 361. The number of likely N-dealkylation sites (tertiary alicyclic amines) is 1. The van der Waals surface area contributed by atoms with Crippen LogP contribution in [0.15, 0.2) is 0 Å². The molecule has 1 aliphatic heterocycles. The van der Waals surface area contributed by atoms with Gasteiger partial charge >= 0.3 is 12.0 Å². The molecule has 0 bridgehead atoms. The molecule has 1 saturated carbocycles. The van der Waals surface area contributed by atoms with E-state index in [1.165, 1.54) is 6.42 Å². The SMILES string of the molecule is O=C(O)C1CCN(C(=O)N(CCO)C2CCCCC2)CC1. The van der Waals surface area contributed by atoms with Gasteiger partial charge < -0.3 is 20.0 Å². The standard InChI is InChI=1S/C15H26N2O4/c18-11-10-17(13-4-2-1-3-5-13)15(21)16-8-6-12(7-9-16)14(19)20/h12-13,18H,1-11H2,(H,19,20). The Morgan fingerprint density at radius 2 is 1.67 bits per heavy atom. The summed E-state index contributed by atoms with van der Waals surface area (Å²) in [6.45, 7) is 1.37. The van der Waals surface area contributed by atoms with Gasteiger partial charge in [-0.05, 0) is 25.7 Å². The van der Waals surface area contributed by atoms with Crippen molar-refractivity contribution in [2.24, 2.45) is 5.92 Å². The van der Waals surface area contributed by atoms with Crippen molar-refractivity contribution < 1.29 is 19.8 Å². The van der Waals surface area contributed by atoms with Gasteiger partial charge in [-0.3, -0.25) is 4.79 Å². The fourth-order valence-electron chi connectivity index (χ4n) is 3.43. The minimum Gasteiger partial charge on any atom is -0.481 e. The summed E-state index contributed by atoms with van der Waals surface area (Å²) in [4.78, 5) is 27.2. The van der Waals surface area contributed by atoms with E-state index in [9.17, 15) is 14.7 Å². The number of hydrogen-bond acceptors (Lipinski definition) is 3. The van der Waals surface area contributed by atoms with Gasteiger partial charge in [0, 0.05) is 25.7 Å². The Labute approximate surface area is 125 Å². The van der Waals surface area contributed by atoms with Crippen molar-refractivity contribution in [3.8, 4) is 0 Å². The van der Waals surface area contributed by atoms with Gasteiger partial charge in [0.1, 0.15) is 0 Å². The fourth-order valence-corrected chi connectivity index (χ4v) is 3.43. The molecule has 0 aromatic heterocycles. The van der Waals surface area contributed by atoms with Crippen LogP contribution in [0, 0.1) is 5.92 Å². The number of urea groups is 1. The highest BCUT2D eigenvalue weighted by Gasteiger charge is 2.32. The number of piperidine rings is 1. The van der Waals surface area contributed by atoms with E-state index in [1.54, 1.807) is 9.80 Å². The van der Waals surface area contributed by atoms with Crippen LogP contribution in [0.4, 0.5) is 4.79 Å². The lowest BCUT2D eigenvalue weighted by atomic mass is 9.94. The Balaban J connectivity index is 1.93. The van der Waals surface area contributed by atoms with Crippen LogP contribution in [0.3, 0.4) is 0 Å². The number of carbonyl (C=O) groups is 2. The Hall–Kier alpha value is -1.30. The van der Waals surface area contributed by atoms with E-state index >= 15 is 0 Å². The molecular weight excluding hydrogens is 272 g/mol. The summed E-state index contributed by atoms with van der Waals surface area (Å²) >= 11 is 0. The van der Waals surface area contributed by atoms with Crippen molar-refractivity contribution in [1.29, 1.82) is 0 Å². The summed E-state index contributed by atoms with van der Waals surface area (Å²) in [5.74, 6) is -1.09. The zero-order valence-electron chi connectivity index (χ0n) is 12.5. The smallest absolute Gasteiger partial charge is 0.320 e. The highest BCUT2D eigenvalue weighted by atomic mass is 16.4. The van der Waals surface area contributed by atoms with Crippen molar-refractivity contribution in [2.45, 2.75) is 51.0 Å². The normalized spacial score (nSPS) is 21.3. The Kier molecular flexibility index (Phi) is 5.85. The first-order chi connectivity index (χ1) is 10.1. The third kappa shape index (κ3) is 4.09. The number of nitrogens with zero attached hydrogens (tertiary/aromatic N) is 2. The van der Waals surface area contributed by atoms with Gasteiger partial charge in [-0.15, -0.1) is 0 Å². The lowest BCUT2D eigenvalue weighted by molar-refractivity contribution is -0.143. The van der Waals surface area contributed by atoms with Gasteiger partial charge in [-0.2, -0.15) is 0 Å². The van der Waals surface area contributed by atoms with Crippen molar-refractivity contribution >= 4 is 12.0 Å². The number of carbonyl (C=O) groups excluding carboxylic acids is 1. The predicted octanol–water partition coefficient (Wildman–Crippen LogP) is 1.53. The number of aliphatic hydroxyl groups is 1. The maximum Gasteiger partial charge on any atom is 0.320 e. The van der Waals surface area contributed by atoms with E-state index in [2.05, 4.69) is 0 Å². The maximum atomic E-state index is 12.7. The molecule has 2 fully saturated rings. The van der Waals surface area contributed by atoms with E-state index in [-0.39, 0.29) is 24.6 Å². The predicted molar refractivity (Wildman–Crippen MR) is 78.0 cm³/mol. The zero-order chi connectivity index (χ0) is 15.2. The molecule has 2 aliphatic rings. The molecule has 2 N–H and O–H groups in total. The number of hydrogen-bond donors (Lipinski definition) is 2. The first-order valence-electron chi connectivity index (χ1n) is 8.02. The van der Waals surface area contributed by atoms with Gasteiger partial charge in [-0.25, -0.2) is 4.79 Å². The molecule has 120 valence electrons. The molecule has 6 nitrogen and oxygen atoms in total. The largest absolute Gasteiger partial charge is 0.481 e. The molecule has 0 aromatic carbocycles. The molecule has 1 saturated heterocycles. The van der Waals surface area contributed by atoms with Crippen LogP contribution in [0.5, 0.6) is 0 Å². The Morgan fingerprint density at radius 1 is 1.05 bits per heavy atom. The molecule has 0 spiro atoms. The average Bonchev–Trinajstić information content (AvgIpc) is 2.53.